The molecule has 0 radical (unpaired) electrons. The first-order valence-corrected chi connectivity index (χ1v) is 7.51. The number of benzene rings is 1. The number of anilines is 1. The van der Waals surface area contributed by atoms with Crippen LogP contribution in [0.15, 0.2) is 24.3 Å². The fourth-order valence-corrected chi connectivity index (χ4v) is 2.47. The summed E-state index contributed by atoms with van der Waals surface area (Å²) in [6.45, 7) is 3.82. The van der Waals surface area contributed by atoms with Gasteiger partial charge in [-0.15, -0.1) is 0 Å². The fourth-order valence-electron chi connectivity index (χ4n) is 2.47. The fraction of sp³-hybridized carbons (Fsp3) is 0.412. The van der Waals surface area contributed by atoms with Crippen molar-refractivity contribution in [2.45, 2.75) is 19.8 Å². The summed E-state index contributed by atoms with van der Waals surface area (Å²) in [6.07, 6.45) is 2.20. The van der Waals surface area contributed by atoms with E-state index >= 15 is 0 Å². The summed E-state index contributed by atoms with van der Waals surface area (Å²) in [5.41, 5.74) is 2.56. The van der Waals surface area contributed by atoms with E-state index in [2.05, 4.69) is 29.3 Å². The Labute approximate surface area is 131 Å². The number of carbonyl (C=O) groups is 1. The monoisotopic (exact) mass is 301 g/mol. The van der Waals surface area contributed by atoms with Crippen LogP contribution in [0.2, 0.25) is 0 Å². The molecule has 0 aliphatic carbocycles. The molecule has 0 aliphatic rings. The maximum atomic E-state index is 11.3. The summed E-state index contributed by atoms with van der Waals surface area (Å²) < 4.78 is 0. The second kappa shape index (κ2) is 7.22. The normalized spacial score (nSPS) is 11.1. The van der Waals surface area contributed by atoms with Gasteiger partial charge < -0.3 is 15.3 Å². The number of fused-ring (bicyclic) bond motifs is 1. The molecule has 2 aromatic rings. The van der Waals surface area contributed by atoms with Crippen LogP contribution in [-0.4, -0.2) is 48.1 Å². The molecule has 0 unspecified atom stereocenters. The third-order valence-corrected chi connectivity index (χ3v) is 3.55. The maximum absolute atomic E-state index is 11.3. The quantitative estimate of drug-likeness (QED) is 0.770. The van der Waals surface area contributed by atoms with Crippen LogP contribution in [0.3, 0.4) is 0 Å². The average Bonchev–Trinajstić information content (AvgIpc) is 2.45. The smallest absolute Gasteiger partial charge is 0.337 e. The maximum Gasteiger partial charge on any atom is 0.337 e. The molecule has 118 valence electrons. The number of para-hydroxylation sites is 1. The van der Waals surface area contributed by atoms with Crippen LogP contribution >= 0.6 is 0 Å². The van der Waals surface area contributed by atoms with E-state index in [9.17, 15) is 9.90 Å². The largest absolute Gasteiger partial charge is 0.478 e. The van der Waals surface area contributed by atoms with Gasteiger partial charge in [-0.3, -0.25) is 4.98 Å². The molecule has 1 heterocycles. The van der Waals surface area contributed by atoms with Crippen LogP contribution in [0.25, 0.3) is 10.9 Å². The number of aryl methyl sites for hydroxylation is 1. The number of hydrogen-bond donors (Lipinski definition) is 2. The molecule has 0 amide bonds. The lowest BCUT2D eigenvalue weighted by Crippen LogP contribution is -2.14. The Morgan fingerprint density at radius 1 is 1.32 bits per heavy atom. The van der Waals surface area contributed by atoms with Gasteiger partial charge in [-0.25, -0.2) is 4.79 Å². The van der Waals surface area contributed by atoms with Crippen LogP contribution in [0.4, 0.5) is 5.69 Å². The third kappa shape index (κ3) is 3.95. The zero-order valence-electron chi connectivity index (χ0n) is 13.4. The number of unbranched alkanes of at least 4 members (excludes halogenated alkanes) is 1. The number of hydrogen-bond acceptors (Lipinski definition) is 4. The third-order valence-electron chi connectivity index (χ3n) is 3.55. The second-order valence-corrected chi connectivity index (χ2v) is 5.76. The molecule has 2 rings (SSSR count). The Morgan fingerprint density at radius 2 is 2.09 bits per heavy atom. The Balaban J connectivity index is 2.19. The molecule has 1 aromatic heterocycles. The first kappa shape index (κ1) is 16.2. The van der Waals surface area contributed by atoms with Gasteiger partial charge in [0, 0.05) is 23.3 Å². The molecule has 0 atom stereocenters. The van der Waals surface area contributed by atoms with Crippen LogP contribution in [-0.2, 0) is 0 Å². The summed E-state index contributed by atoms with van der Waals surface area (Å²) in [7, 11) is 4.14. The summed E-state index contributed by atoms with van der Waals surface area (Å²) >= 11 is 0. The number of carboxylic acid groups (broad SMARTS) is 1. The SMILES string of the molecule is Cc1cc(NCCCCN(C)C)c2cccc(C(=O)O)c2n1. The highest BCUT2D eigenvalue weighted by molar-refractivity contribution is 6.05. The molecule has 0 bridgehead atoms. The number of pyridine rings is 1. The van der Waals surface area contributed by atoms with Crippen LogP contribution < -0.4 is 5.32 Å². The minimum Gasteiger partial charge on any atom is -0.478 e. The molecule has 0 aliphatic heterocycles. The Bertz CT molecular complexity index is 668. The predicted octanol–water partition coefficient (Wildman–Crippen LogP) is 3.00. The Kier molecular flexibility index (Phi) is 5.33. The van der Waals surface area contributed by atoms with Gasteiger partial charge in [0.1, 0.15) is 0 Å². The van der Waals surface area contributed by atoms with Crippen molar-refractivity contribution in [1.82, 2.24) is 9.88 Å². The van der Waals surface area contributed by atoms with E-state index in [1.807, 2.05) is 19.1 Å². The molecule has 0 fully saturated rings. The van der Waals surface area contributed by atoms with E-state index in [1.54, 1.807) is 12.1 Å². The summed E-state index contributed by atoms with van der Waals surface area (Å²) in [4.78, 5) is 17.9. The van der Waals surface area contributed by atoms with Crippen LogP contribution in [0.5, 0.6) is 0 Å². The second-order valence-electron chi connectivity index (χ2n) is 5.76. The molecule has 1 aromatic carbocycles. The van der Waals surface area contributed by atoms with E-state index < -0.39 is 5.97 Å². The van der Waals surface area contributed by atoms with E-state index in [0.29, 0.717) is 5.52 Å². The first-order chi connectivity index (χ1) is 10.5. The minimum atomic E-state index is -0.944. The van der Waals surface area contributed by atoms with Crippen molar-refractivity contribution in [3.8, 4) is 0 Å². The molecule has 5 heteroatoms. The highest BCUT2D eigenvalue weighted by atomic mass is 16.4. The summed E-state index contributed by atoms with van der Waals surface area (Å²) in [5, 5.41) is 13.6. The van der Waals surface area contributed by atoms with Crippen molar-refractivity contribution in [2.75, 3.05) is 32.5 Å². The summed E-state index contributed by atoms with van der Waals surface area (Å²) in [5.74, 6) is -0.944. The molecule has 22 heavy (non-hydrogen) atoms. The van der Waals surface area contributed by atoms with Crippen molar-refractivity contribution in [1.29, 1.82) is 0 Å². The number of carboxylic acids is 1. The molecule has 0 saturated heterocycles. The van der Waals surface area contributed by atoms with E-state index in [-0.39, 0.29) is 5.56 Å². The number of nitrogens with zero attached hydrogens (tertiary/aromatic N) is 2. The lowest BCUT2D eigenvalue weighted by molar-refractivity contribution is 0.0699. The van der Waals surface area contributed by atoms with Gasteiger partial charge in [0.05, 0.1) is 11.1 Å². The van der Waals surface area contributed by atoms with Gasteiger partial charge in [0.2, 0.25) is 0 Å². The topological polar surface area (TPSA) is 65.5 Å². The standard InChI is InChI=1S/C17H23N3O2/c1-12-11-15(18-9-4-5-10-20(2)3)13-7-6-8-14(17(21)22)16(13)19-12/h6-8,11H,4-5,9-10H2,1-3H3,(H,18,19)(H,21,22). The predicted molar refractivity (Wildman–Crippen MR) is 89.7 cm³/mol. The average molecular weight is 301 g/mol. The van der Waals surface area contributed by atoms with Crippen molar-refractivity contribution in [2.24, 2.45) is 0 Å². The zero-order valence-corrected chi connectivity index (χ0v) is 13.4. The van der Waals surface area contributed by atoms with Gasteiger partial charge in [0.15, 0.2) is 0 Å². The number of aromatic nitrogens is 1. The van der Waals surface area contributed by atoms with E-state index in [4.69, 9.17) is 0 Å². The van der Waals surface area contributed by atoms with E-state index in [0.717, 1.165) is 42.7 Å². The number of rotatable bonds is 7. The molecule has 0 saturated carbocycles. The number of aromatic carboxylic acids is 1. The van der Waals surface area contributed by atoms with Gasteiger partial charge >= 0.3 is 5.97 Å². The van der Waals surface area contributed by atoms with Gasteiger partial charge in [-0.2, -0.15) is 0 Å². The van der Waals surface area contributed by atoms with Gasteiger partial charge in [0.25, 0.3) is 0 Å². The highest BCUT2D eigenvalue weighted by Gasteiger charge is 2.12. The van der Waals surface area contributed by atoms with Gasteiger partial charge in [-0.05, 0) is 52.5 Å². The molecule has 0 spiro atoms. The Hall–Kier alpha value is -2.14. The molecule has 5 nitrogen and oxygen atoms in total. The van der Waals surface area contributed by atoms with Gasteiger partial charge in [-0.1, -0.05) is 12.1 Å². The van der Waals surface area contributed by atoms with Crippen LogP contribution in [0.1, 0.15) is 28.9 Å². The summed E-state index contributed by atoms with van der Waals surface area (Å²) in [6, 6.07) is 7.24. The van der Waals surface area contributed by atoms with Crippen molar-refractivity contribution in [3.63, 3.8) is 0 Å². The van der Waals surface area contributed by atoms with E-state index in [1.165, 1.54) is 0 Å². The van der Waals surface area contributed by atoms with Crippen LogP contribution in [0, 0.1) is 6.92 Å². The lowest BCUT2D eigenvalue weighted by atomic mass is 10.1. The Morgan fingerprint density at radius 3 is 2.77 bits per heavy atom. The van der Waals surface area contributed by atoms with Crippen molar-refractivity contribution in [3.05, 3.63) is 35.5 Å². The zero-order chi connectivity index (χ0) is 16.1. The van der Waals surface area contributed by atoms with Crippen molar-refractivity contribution < 1.29 is 9.90 Å². The lowest BCUT2D eigenvalue weighted by Gasteiger charge is -2.13. The highest BCUT2D eigenvalue weighted by Crippen LogP contribution is 2.25. The first-order valence-electron chi connectivity index (χ1n) is 7.51. The minimum absolute atomic E-state index is 0.247. The molecular weight excluding hydrogens is 278 g/mol. The molecule has 2 N–H and O–H groups in total. The number of nitrogens with one attached hydrogen (secondary N) is 1. The molecular formula is C17H23N3O2. The van der Waals surface area contributed by atoms with Crippen molar-refractivity contribution >= 4 is 22.6 Å².